The van der Waals surface area contributed by atoms with Crippen molar-refractivity contribution in [1.29, 1.82) is 0 Å². The molecule has 0 amide bonds. The van der Waals surface area contributed by atoms with Crippen LogP contribution >= 0.6 is 0 Å². The molecule has 2 aromatic rings. The molecule has 0 aliphatic rings. The van der Waals surface area contributed by atoms with Crippen LogP contribution in [0.4, 0.5) is 8.78 Å². The molecule has 2 rings (SSSR count). The number of aromatic carboxylic acids is 1. The molecule has 22 heavy (non-hydrogen) atoms. The zero-order chi connectivity index (χ0) is 16.3. The summed E-state index contributed by atoms with van der Waals surface area (Å²) in [5, 5.41) is 18.3. The van der Waals surface area contributed by atoms with Crippen molar-refractivity contribution in [3.63, 3.8) is 0 Å². The van der Waals surface area contributed by atoms with Gasteiger partial charge in [-0.05, 0) is 48.6 Å². The summed E-state index contributed by atoms with van der Waals surface area (Å²) in [7, 11) is 0. The number of allylic oxidation sites excluding steroid dienone is 1. The SMILES string of the molecule is O=C(O)c1ccc(F)c(/C=C/C(=O)c2cc(F)ccc2O)c1. The number of carboxylic acids is 1. The van der Waals surface area contributed by atoms with E-state index >= 15 is 0 Å². The molecule has 0 spiro atoms. The third-order valence-corrected chi connectivity index (χ3v) is 2.88. The average Bonchev–Trinajstić information content (AvgIpc) is 2.48. The number of benzene rings is 2. The van der Waals surface area contributed by atoms with Gasteiger partial charge in [0.1, 0.15) is 17.4 Å². The molecule has 0 radical (unpaired) electrons. The second kappa shape index (κ2) is 6.17. The predicted molar refractivity (Wildman–Crippen MR) is 74.8 cm³/mol. The van der Waals surface area contributed by atoms with E-state index in [0.717, 1.165) is 48.6 Å². The Labute approximate surface area is 124 Å². The summed E-state index contributed by atoms with van der Waals surface area (Å²) < 4.78 is 26.6. The second-order valence-electron chi connectivity index (χ2n) is 4.40. The Morgan fingerprint density at radius 2 is 1.77 bits per heavy atom. The Balaban J connectivity index is 2.32. The summed E-state index contributed by atoms with van der Waals surface area (Å²) in [5.41, 5.74) is -0.516. The Kier molecular flexibility index (Phi) is 4.31. The molecule has 0 aromatic heterocycles. The van der Waals surface area contributed by atoms with Crippen LogP contribution in [0.2, 0.25) is 0 Å². The Morgan fingerprint density at radius 3 is 2.45 bits per heavy atom. The Morgan fingerprint density at radius 1 is 1.05 bits per heavy atom. The van der Waals surface area contributed by atoms with Gasteiger partial charge in [0, 0.05) is 5.56 Å². The van der Waals surface area contributed by atoms with Crippen molar-refractivity contribution in [3.05, 3.63) is 70.8 Å². The number of aromatic hydroxyl groups is 1. The lowest BCUT2D eigenvalue weighted by molar-refractivity contribution is 0.0696. The molecule has 4 nitrogen and oxygen atoms in total. The van der Waals surface area contributed by atoms with E-state index in [0.29, 0.717) is 0 Å². The van der Waals surface area contributed by atoms with Crippen molar-refractivity contribution < 1.29 is 28.6 Å². The lowest BCUT2D eigenvalue weighted by Gasteiger charge is -2.01. The van der Waals surface area contributed by atoms with E-state index in [9.17, 15) is 23.5 Å². The highest BCUT2D eigenvalue weighted by atomic mass is 19.1. The summed E-state index contributed by atoms with van der Waals surface area (Å²) in [5.74, 6) is -3.79. The number of hydrogen-bond donors (Lipinski definition) is 2. The second-order valence-corrected chi connectivity index (χ2v) is 4.40. The van der Waals surface area contributed by atoms with Crippen LogP contribution in [0, 0.1) is 11.6 Å². The van der Waals surface area contributed by atoms with E-state index in [2.05, 4.69) is 0 Å². The van der Waals surface area contributed by atoms with Crippen LogP contribution in [0.5, 0.6) is 5.75 Å². The standard InChI is InChI=1S/C16H10F2O4/c17-11-3-6-15(20)12(8-11)14(19)5-2-9-7-10(16(21)22)1-4-13(9)18/h1-8,20H,(H,21,22)/b5-2+. The third-order valence-electron chi connectivity index (χ3n) is 2.88. The van der Waals surface area contributed by atoms with E-state index in [-0.39, 0.29) is 16.7 Å². The smallest absolute Gasteiger partial charge is 0.335 e. The molecule has 0 bridgehead atoms. The largest absolute Gasteiger partial charge is 0.507 e. The van der Waals surface area contributed by atoms with Gasteiger partial charge < -0.3 is 10.2 Å². The Bertz CT molecular complexity index is 782. The van der Waals surface area contributed by atoms with Gasteiger partial charge in [-0.3, -0.25) is 4.79 Å². The van der Waals surface area contributed by atoms with Crippen molar-refractivity contribution in [2.75, 3.05) is 0 Å². The highest BCUT2D eigenvalue weighted by molar-refractivity contribution is 6.08. The summed E-state index contributed by atoms with van der Waals surface area (Å²) >= 11 is 0. The molecule has 0 aliphatic carbocycles. The molecular formula is C16H10F2O4. The van der Waals surface area contributed by atoms with E-state index in [1.165, 1.54) is 0 Å². The minimum Gasteiger partial charge on any atom is -0.507 e. The molecule has 112 valence electrons. The average molecular weight is 304 g/mol. The van der Waals surface area contributed by atoms with Crippen molar-refractivity contribution >= 4 is 17.8 Å². The van der Waals surface area contributed by atoms with Crippen LogP contribution in [0.15, 0.2) is 42.5 Å². The first kappa shape index (κ1) is 15.4. The first-order valence-electron chi connectivity index (χ1n) is 6.12. The summed E-state index contributed by atoms with van der Waals surface area (Å²) in [4.78, 5) is 22.7. The third kappa shape index (κ3) is 3.35. The zero-order valence-corrected chi connectivity index (χ0v) is 11.1. The fourth-order valence-electron chi connectivity index (χ4n) is 1.77. The number of rotatable bonds is 4. The van der Waals surface area contributed by atoms with Gasteiger partial charge in [0.05, 0.1) is 11.1 Å². The maximum Gasteiger partial charge on any atom is 0.335 e. The quantitative estimate of drug-likeness (QED) is 0.671. The number of carboxylic acid groups (broad SMARTS) is 1. The molecule has 0 atom stereocenters. The molecule has 2 N–H and O–H groups in total. The van der Waals surface area contributed by atoms with Gasteiger partial charge in [0.2, 0.25) is 0 Å². The van der Waals surface area contributed by atoms with Crippen molar-refractivity contribution in [2.24, 2.45) is 0 Å². The van der Waals surface area contributed by atoms with Crippen LogP contribution in [-0.4, -0.2) is 22.0 Å². The molecule has 6 heteroatoms. The monoisotopic (exact) mass is 304 g/mol. The van der Waals surface area contributed by atoms with Crippen LogP contribution in [0.25, 0.3) is 6.08 Å². The molecule has 0 aliphatic heterocycles. The molecule has 0 saturated carbocycles. The summed E-state index contributed by atoms with van der Waals surface area (Å²) in [6, 6.07) is 6.00. The summed E-state index contributed by atoms with van der Waals surface area (Å²) in [6.45, 7) is 0. The van der Waals surface area contributed by atoms with E-state index in [1.54, 1.807) is 0 Å². The fourth-order valence-corrected chi connectivity index (χ4v) is 1.77. The Hall–Kier alpha value is -3.02. The zero-order valence-electron chi connectivity index (χ0n) is 11.1. The van der Waals surface area contributed by atoms with Gasteiger partial charge in [-0.25, -0.2) is 13.6 Å². The minimum atomic E-state index is -1.23. The topological polar surface area (TPSA) is 74.6 Å². The molecular weight excluding hydrogens is 294 g/mol. The number of hydrogen-bond acceptors (Lipinski definition) is 3. The van der Waals surface area contributed by atoms with Crippen molar-refractivity contribution in [2.45, 2.75) is 0 Å². The van der Waals surface area contributed by atoms with Crippen molar-refractivity contribution in [1.82, 2.24) is 0 Å². The first-order chi connectivity index (χ1) is 10.4. The highest BCUT2D eigenvalue weighted by Gasteiger charge is 2.11. The predicted octanol–water partition coefficient (Wildman–Crippen LogP) is 3.26. The van der Waals surface area contributed by atoms with E-state index in [1.807, 2.05) is 0 Å². The van der Waals surface area contributed by atoms with Gasteiger partial charge in [-0.2, -0.15) is 0 Å². The maximum absolute atomic E-state index is 13.6. The van der Waals surface area contributed by atoms with Crippen LogP contribution in [0.3, 0.4) is 0 Å². The maximum atomic E-state index is 13.6. The molecule has 0 fully saturated rings. The number of carbonyl (C=O) groups excluding carboxylic acids is 1. The van der Waals surface area contributed by atoms with E-state index in [4.69, 9.17) is 5.11 Å². The summed E-state index contributed by atoms with van der Waals surface area (Å²) in [6.07, 6.45) is 1.99. The minimum absolute atomic E-state index is 0.107. The number of halogens is 2. The van der Waals surface area contributed by atoms with Crippen molar-refractivity contribution in [3.8, 4) is 5.75 Å². The molecule has 0 saturated heterocycles. The number of ketones is 1. The number of carbonyl (C=O) groups is 2. The van der Waals surface area contributed by atoms with Gasteiger partial charge in [0.25, 0.3) is 0 Å². The van der Waals surface area contributed by atoms with Crippen LogP contribution in [0.1, 0.15) is 26.3 Å². The molecule has 2 aromatic carbocycles. The lowest BCUT2D eigenvalue weighted by Crippen LogP contribution is -1.98. The normalized spacial score (nSPS) is 10.8. The van der Waals surface area contributed by atoms with Crippen LogP contribution < -0.4 is 0 Å². The first-order valence-corrected chi connectivity index (χ1v) is 6.12. The van der Waals surface area contributed by atoms with Gasteiger partial charge >= 0.3 is 5.97 Å². The van der Waals surface area contributed by atoms with Crippen LogP contribution in [-0.2, 0) is 0 Å². The van der Waals surface area contributed by atoms with E-state index < -0.39 is 29.1 Å². The number of phenolic OH excluding ortho intramolecular Hbond substituents is 1. The molecule has 0 unspecified atom stereocenters. The van der Waals surface area contributed by atoms with Gasteiger partial charge in [-0.1, -0.05) is 0 Å². The highest BCUT2D eigenvalue weighted by Crippen LogP contribution is 2.20. The fraction of sp³-hybridized carbons (Fsp3) is 0. The van der Waals surface area contributed by atoms with Gasteiger partial charge in [-0.15, -0.1) is 0 Å². The lowest BCUT2D eigenvalue weighted by atomic mass is 10.1. The molecule has 0 heterocycles. The number of phenols is 1. The van der Waals surface area contributed by atoms with Gasteiger partial charge in [0.15, 0.2) is 5.78 Å².